The van der Waals surface area contributed by atoms with Gasteiger partial charge in [-0.3, -0.25) is 14.5 Å². The molecule has 2 fully saturated rings. The molecule has 0 bridgehead atoms. The highest BCUT2D eigenvalue weighted by molar-refractivity contribution is 6.08. The molecule has 0 radical (unpaired) electrons. The maximum atomic E-state index is 12.5. The van der Waals surface area contributed by atoms with Gasteiger partial charge < -0.3 is 15.5 Å². The highest BCUT2D eigenvalue weighted by Crippen LogP contribution is 2.24. The van der Waals surface area contributed by atoms with Crippen molar-refractivity contribution in [2.75, 3.05) is 19.6 Å². The molecule has 2 unspecified atom stereocenters. The molecule has 124 valence electrons. The maximum Gasteiger partial charge on any atom is 0.325 e. The van der Waals surface area contributed by atoms with Gasteiger partial charge >= 0.3 is 6.03 Å². The maximum absolute atomic E-state index is 12.5. The SMILES string of the molecule is CCC1(CC)NC(=O)N(CC(=O)N2CC(C)NC(C)C2)C1=O. The average molecular weight is 310 g/mol. The zero-order valence-electron chi connectivity index (χ0n) is 13.8. The fraction of sp³-hybridized carbons (Fsp3) is 0.800. The number of piperazine rings is 1. The van der Waals surface area contributed by atoms with Gasteiger partial charge in [0.2, 0.25) is 5.91 Å². The number of imide groups is 1. The Morgan fingerprint density at radius 2 is 1.73 bits per heavy atom. The second kappa shape index (κ2) is 6.24. The Morgan fingerprint density at radius 3 is 2.18 bits per heavy atom. The van der Waals surface area contributed by atoms with E-state index in [1.54, 1.807) is 4.90 Å². The molecule has 2 N–H and O–H groups in total. The fourth-order valence-electron chi connectivity index (χ4n) is 3.31. The van der Waals surface area contributed by atoms with Gasteiger partial charge in [0.05, 0.1) is 0 Å². The molecule has 0 aromatic carbocycles. The zero-order chi connectivity index (χ0) is 16.5. The first-order valence-corrected chi connectivity index (χ1v) is 8.01. The van der Waals surface area contributed by atoms with E-state index in [9.17, 15) is 14.4 Å². The summed E-state index contributed by atoms with van der Waals surface area (Å²) in [6.45, 7) is 8.79. The second-order valence-electron chi connectivity index (χ2n) is 6.38. The normalized spacial score (nSPS) is 28.0. The first kappa shape index (κ1) is 16.7. The van der Waals surface area contributed by atoms with Crippen LogP contribution in [-0.4, -0.2) is 64.9 Å². The van der Waals surface area contributed by atoms with Gasteiger partial charge in [-0.1, -0.05) is 13.8 Å². The summed E-state index contributed by atoms with van der Waals surface area (Å²) in [5, 5.41) is 6.10. The molecular formula is C15H26N4O3. The number of rotatable bonds is 4. The van der Waals surface area contributed by atoms with Gasteiger partial charge in [-0.2, -0.15) is 0 Å². The summed E-state index contributed by atoms with van der Waals surface area (Å²) in [4.78, 5) is 39.8. The zero-order valence-corrected chi connectivity index (χ0v) is 13.8. The number of carbonyl (C=O) groups is 3. The van der Waals surface area contributed by atoms with Gasteiger partial charge in [0, 0.05) is 25.2 Å². The van der Waals surface area contributed by atoms with Crippen LogP contribution in [0.5, 0.6) is 0 Å². The van der Waals surface area contributed by atoms with E-state index < -0.39 is 11.6 Å². The van der Waals surface area contributed by atoms with E-state index in [2.05, 4.69) is 10.6 Å². The van der Waals surface area contributed by atoms with E-state index in [1.165, 1.54) is 0 Å². The van der Waals surface area contributed by atoms with Crippen LogP contribution in [0.1, 0.15) is 40.5 Å². The lowest BCUT2D eigenvalue weighted by molar-refractivity contribution is -0.140. The van der Waals surface area contributed by atoms with Crippen molar-refractivity contribution in [3.05, 3.63) is 0 Å². The first-order chi connectivity index (χ1) is 10.3. The molecule has 0 spiro atoms. The highest BCUT2D eigenvalue weighted by Gasteiger charge is 2.49. The largest absolute Gasteiger partial charge is 0.338 e. The summed E-state index contributed by atoms with van der Waals surface area (Å²) in [7, 11) is 0. The van der Waals surface area contributed by atoms with Crippen LogP contribution in [0.3, 0.4) is 0 Å². The minimum atomic E-state index is -0.846. The fourth-order valence-corrected chi connectivity index (χ4v) is 3.31. The molecule has 2 atom stereocenters. The second-order valence-corrected chi connectivity index (χ2v) is 6.38. The molecular weight excluding hydrogens is 284 g/mol. The van der Waals surface area contributed by atoms with E-state index >= 15 is 0 Å². The lowest BCUT2D eigenvalue weighted by atomic mass is 9.93. The lowest BCUT2D eigenvalue weighted by Gasteiger charge is -2.36. The smallest absolute Gasteiger partial charge is 0.325 e. The molecule has 0 aromatic rings. The third-order valence-corrected chi connectivity index (χ3v) is 4.66. The van der Waals surface area contributed by atoms with Crippen LogP contribution in [-0.2, 0) is 9.59 Å². The molecule has 0 aliphatic carbocycles. The van der Waals surface area contributed by atoms with Gasteiger partial charge in [0.1, 0.15) is 12.1 Å². The van der Waals surface area contributed by atoms with Crippen molar-refractivity contribution in [3.63, 3.8) is 0 Å². The summed E-state index contributed by atoms with van der Waals surface area (Å²) >= 11 is 0. The Balaban J connectivity index is 2.05. The number of hydrogen-bond acceptors (Lipinski definition) is 4. The van der Waals surface area contributed by atoms with Crippen molar-refractivity contribution < 1.29 is 14.4 Å². The van der Waals surface area contributed by atoms with Crippen LogP contribution in [0.4, 0.5) is 4.79 Å². The predicted molar refractivity (Wildman–Crippen MR) is 82.2 cm³/mol. The van der Waals surface area contributed by atoms with Crippen LogP contribution in [0.2, 0.25) is 0 Å². The first-order valence-electron chi connectivity index (χ1n) is 8.01. The van der Waals surface area contributed by atoms with E-state index in [4.69, 9.17) is 0 Å². The Kier molecular flexibility index (Phi) is 4.75. The molecule has 22 heavy (non-hydrogen) atoms. The molecule has 7 nitrogen and oxygen atoms in total. The van der Waals surface area contributed by atoms with Crippen molar-refractivity contribution in [1.82, 2.24) is 20.4 Å². The van der Waals surface area contributed by atoms with Gasteiger partial charge in [0.25, 0.3) is 5.91 Å². The molecule has 2 saturated heterocycles. The summed E-state index contributed by atoms with van der Waals surface area (Å²) < 4.78 is 0. The van der Waals surface area contributed by atoms with E-state index in [0.29, 0.717) is 25.9 Å². The minimum absolute atomic E-state index is 0.174. The summed E-state index contributed by atoms with van der Waals surface area (Å²) in [5.74, 6) is -0.459. The third kappa shape index (κ3) is 2.95. The van der Waals surface area contributed by atoms with E-state index in [-0.39, 0.29) is 30.4 Å². The average Bonchev–Trinajstić information content (AvgIpc) is 2.70. The molecule has 0 saturated carbocycles. The predicted octanol–water partition coefficient (Wildman–Crippen LogP) is 0.306. The van der Waals surface area contributed by atoms with Crippen molar-refractivity contribution in [3.8, 4) is 0 Å². The number of carbonyl (C=O) groups excluding carboxylic acids is 3. The Bertz CT molecular complexity index is 465. The molecule has 0 aromatic heterocycles. The number of nitrogens with one attached hydrogen (secondary N) is 2. The number of amides is 4. The summed E-state index contributed by atoms with van der Waals surface area (Å²) in [5.41, 5.74) is -0.846. The van der Waals surface area contributed by atoms with Gasteiger partial charge in [0.15, 0.2) is 0 Å². The Hall–Kier alpha value is -1.63. The summed E-state index contributed by atoms with van der Waals surface area (Å²) in [6.07, 6.45) is 1.06. The molecule has 2 aliphatic heterocycles. The van der Waals surface area contributed by atoms with E-state index in [1.807, 2.05) is 27.7 Å². The van der Waals surface area contributed by atoms with E-state index in [0.717, 1.165) is 4.90 Å². The van der Waals surface area contributed by atoms with Crippen LogP contribution in [0.15, 0.2) is 0 Å². The van der Waals surface area contributed by atoms with Crippen molar-refractivity contribution in [2.24, 2.45) is 0 Å². The Labute approximate surface area is 131 Å². The van der Waals surface area contributed by atoms with Crippen LogP contribution in [0.25, 0.3) is 0 Å². The number of hydrogen-bond donors (Lipinski definition) is 2. The quantitative estimate of drug-likeness (QED) is 0.732. The van der Waals surface area contributed by atoms with Crippen molar-refractivity contribution in [1.29, 1.82) is 0 Å². The topological polar surface area (TPSA) is 81.8 Å². The van der Waals surface area contributed by atoms with Gasteiger partial charge in [-0.25, -0.2) is 4.79 Å². The standard InChI is InChI=1S/C15H26N4O3/c1-5-15(6-2)13(21)19(14(22)17-15)9-12(20)18-7-10(3)16-11(4)8-18/h10-11,16H,5-9H2,1-4H3,(H,17,22). The molecule has 2 rings (SSSR count). The number of nitrogens with zero attached hydrogens (tertiary/aromatic N) is 2. The summed E-state index contributed by atoms with van der Waals surface area (Å²) in [6, 6.07) is -0.0411. The van der Waals surface area contributed by atoms with Crippen LogP contribution in [0, 0.1) is 0 Å². The molecule has 2 heterocycles. The molecule has 4 amide bonds. The van der Waals surface area contributed by atoms with Crippen LogP contribution < -0.4 is 10.6 Å². The van der Waals surface area contributed by atoms with Crippen molar-refractivity contribution in [2.45, 2.75) is 58.2 Å². The van der Waals surface area contributed by atoms with Gasteiger partial charge in [-0.15, -0.1) is 0 Å². The Morgan fingerprint density at radius 1 is 1.18 bits per heavy atom. The third-order valence-electron chi connectivity index (χ3n) is 4.66. The molecule has 2 aliphatic rings. The lowest BCUT2D eigenvalue weighted by Crippen LogP contribution is -2.57. The minimum Gasteiger partial charge on any atom is -0.338 e. The number of urea groups is 1. The van der Waals surface area contributed by atoms with Gasteiger partial charge in [-0.05, 0) is 26.7 Å². The highest BCUT2D eigenvalue weighted by atomic mass is 16.2. The monoisotopic (exact) mass is 310 g/mol. The molecule has 7 heteroatoms. The van der Waals surface area contributed by atoms with Crippen LogP contribution >= 0.6 is 0 Å². The van der Waals surface area contributed by atoms with Crippen molar-refractivity contribution >= 4 is 17.8 Å².